The van der Waals surface area contributed by atoms with Crippen LogP contribution in [0.4, 0.5) is 0 Å². The second kappa shape index (κ2) is 3.94. The number of hydrogen-bond donors (Lipinski definition) is 0. The minimum absolute atomic E-state index is 0.104. The molecule has 0 amide bonds. The molecule has 0 N–H and O–H groups in total. The van der Waals surface area contributed by atoms with E-state index in [1.54, 1.807) is 0 Å². The van der Waals surface area contributed by atoms with Crippen molar-refractivity contribution >= 4 is 52.4 Å². The molecule has 3 aliphatic carbocycles. The van der Waals surface area contributed by atoms with Crippen molar-refractivity contribution in [2.75, 3.05) is 0 Å². The minimum Gasteiger partial charge on any atom is -0.289 e. The zero-order valence-electron chi connectivity index (χ0n) is 11.5. The van der Waals surface area contributed by atoms with E-state index in [1.807, 2.05) is 24.3 Å². The van der Waals surface area contributed by atoms with Crippen molar-refractivity contribution in [2.45, 2.75) is 0 Å². The molecule has 0 spiro atoms. The molecule has 98 valence electrons. The molecule has 0 aliphatic heterocycles. The van der Waals surface area contributed by atoms with E-state index < -0.39 is 0 Å². The Balaban J connectivity index is 2.19. The summed E-state index contributed by atoms with van der Waals surface area (Å²) in [6.45, 7) is 0. The SMILES string of the molecule is O=c1c2c([Si])c3ccccc3c-2c2c3ccccc3c([Si])c1-2. The van der Waals surface area contributed by atoms with Crippen molar-refractivity contribution in [2.24, 2.45) is 0 Å². The zero-order chi connectivity index (χ0) is 15.0. The van der Waals surface area contributed by atoms with Crippen LogP contribution in [0.15, 0.2) is 53.3 Å². The predicted octanol–water partition coefficient (Wildman–Crippen LogP) is 2.03. The minimum atomic E-state index is 0.104. The van der Waals surface area contributed by atoms with Crippen LogP contribution in [0.25, 0.3) is 43.8 Å². The first-order valence-corrected chi connectivity index (χ1v) is 8.11. The summed E-state index contributed by atoms with van der Waals surface area (Å²) in [5, 5.41) is 6.28. The first-order chi connectivity index (χ1) is 10.7. The summed E-state index contributed by atoms with van der Waals surface area (Å²) < 4.78 is 0. The maximum absolute atomic E-state index is 13.0. The molecular formula is C19H8OSi2. The van der Waals surface area contributed by atoms with Gasteiger partial charge in [0.25, 0.3) is 0 Å². The average molecular weight is 308 g/mol. The topological polar surface area (TPSA) is 17.1 Å². The molecule has 1 nitrogen and oxygen atoms in total. The highest BCUT2D eigenvalue weighted by Gasteiger charge is 2.31. The van der Waals surface area contributed by atoms with Gasteiger partial charge in [-0.2, -0.15) is 0 Å². The van der Waals surface area contributed by atoms with Crippen molar-refractivity contribution in [1.29, 1.82) is 0 Å². The van der Waals surface area contributed by atoms with Gasteiger partial charge in [0, 0.05) is 22.3 Å². The van der Waals surface area contributed by atoms with Gasteiger partial charge >= 0.3 is 0 Å². The lowest BCUT2D eigenvalue weighted by Gasteiger charge is -1.97. The second-order valence-electron chi connectivity index (χ2n) is 5.67. The van der Waals surface area contributed by atoms with Crippen molar-refractivity contribution < 1.29 is 0 Å². The summed E-state index contributed by atoms with van der Waals surface area (Å²) in [6, 6.07) is 16.4. The van der Waals surface area contributed by atoms with E-state index in [0.717, 1.165) is 54.2 Å². The van der Waals surface area contributed by atoms with Crippen molar-refractivity contribution in [1.82, 2.24) is 0 Å². The normalized spacial score (nSPS) is 12.3. The fourth-order valence-electron chi connectivity index (χ4n) is 3.73. The standard InChI is InChI=1S/C19H8OSi2/c20-17-15-13(9-5-1-3-7-11(9)18(15)21)14-10-6-2-4-8-12(10)19(22)16(14)17/h1-8H. The quantitative estimate of drug-likeness (QED) is 0.400. The fourth-order valence-corrected chi connectivity index (χ4v) is 4.64. The van der Waals surface area contributed by atoms with Crippen molar-refractivity contribution in [3.05, 3.63) is 58.8 Å². The van der Waals surface area contributed by atoms with Gasteiger partial charge in [-0.05, 0) is 31.9 Å². The molecule has 6 radical (unpaired) electrons. The Bertz CT molecular complexity index is 1070. The molecule has 22 heavy (non-hydrogen) atoms. The van der Waals surface area contributed by atoms with Gasteiger partial charge in [-0.25, -0.2) is 0 Å². The number of fused-ring (bicyclic) bond motifs is 7. The second-order valence-corrected chi connectivity index (χ2v) is 6.67. The van der Waals surface area contributed by atoms with Crippen LogP contribution in [0.3, 0.4) is 0 Å². The Morgan fingerprint density at radius 2 is 0.909 bits per heavy atom. The highest BCUT2D eigenvalue weighted by atomic mass is 28.1. The van der Waals surface area contributed by atoms with Gasteiger partial charge in [0.15, 0.2) is 5.43 Å². The van der Waals surface area contributed by atoms with Crippen LogP contribution in [0, 0.1) is 0 Å². The monoisotopic (exact) mass is 308 g/mol. The third-order valence-electron chi connectivity index (χ3n) is 4.64. The van der Waals surface area contributed by atoms with E-state index in [4.69, 9.17) is 0 Å². The number of rotatable bonds is 0. The molecule has 0 saturated heterocycles. The third-order valence-corrected chi connectivity index (χ3v) is 5.67. The summed E-state index contributed by atoms with van der Waals surface area (Å²) in [5.41, 5.74) is 3.84. The van der Waals surface area contributed by atoms with Gasteiger partial charge in [0.1, 0.15) is 0 Å². The third kappa shape index (κ3) is 1.23. The summed E-state index contributed by atoms with van der Waals surface area (Å²) in [5.74, 6) is 0. The molecule has 2 aromatic rings. The van der Waals surface area contributed by atoms with E-state index in [1.165, 1.54) is 0 Å². The molecule has 2 aromatic carbocycles. The van der Waals surface area contributed by atoms with E-state index in [2.05, 4.69) is 44.8 Å². The largest absolute Gasteiger partial charge is 0.289 e. The van der Waals surface area contributed by atoms with Crippen LogP contribution in [-0.2, 0) is 0 Å². The molecule has 0 fully saturated rings. The van der Waals surface area contributed by atoms with Crippen LogP contribution < -0.4 is 15.8 Å². The molecule has 0 heterocycles. The first kappa shape index (κ1) is 12.3. The van der Waals surface area contributed by atoms with Gasteiger partial charge in [-0.3, -0.25) is 4.79 Å². The summed E-state index contributed by atoms with van der Waals surface area (Å²) in [6.07, 6.45) is 0. The Morgan fingerprint density at radius 3 is 1.32 bits per heavy atom. The van der Waals surface area contributed by atoms with Gasteiger partial charge < -0.3 is 0 Å². The molecule has 0 atom stereocenters. The van der Waals surface area contributed by atoms with Gasteiger partial charge in [0.05, 0.1) is 20.5 Å². The molecule has 0 unspecified atom stereocenters. The number of hydrogen-bond acceptors (Lipinski definition) is 1. The lowest BCUT2D eigenvalue weighted by atomic mass is 10.0. The zero-order valence-corrected chi connectivity index (χ0v) is 13.5. The molecule has 3 heteroatoms. The van der Waals surface area contributed by atoms with Crippen LogP contribution in [-0.4, -0.2) is 20.5 Å². The number of benzene rings is 2. The van der Waals surface area contributed by atoms with Crippen LogP contribution in [0.2, 0.25) is 0 Å². The van der Waals surface area contributed by atoms with Crippen molar-refractivity contribution in [3.8, 4) is 22.3 Å². The van der Waals surface area contributed by atoms with E-state index >= 15 is 0 Å². The Morgan fingerprint density at radius 1 is 0.545 bits per heavy atom. The van der Waals surface area contributed by atoms with E-state index in [9.17, 15) is 4.79 Å². The molecule has 0 bridgehead atoms. The van der Waals surface area contributed by atoms with Crippen LogP contribution >= 0.6 is 0 Å². The van der Waals surface area contributed by atoms with E-state index in [0.29, 0.717) is 0 Å². The van der Waals surface area contributed by atoms with Gasteiger partial charge in [-0.1, -0.05) is 48.5 Å². The summed E-state index contributed by atoms with van der Waals surface area (Å²) in [7, 11) is 7.39. The van der Waals surface area contributed by atoms with Crippen LogP contribution in [0.5, 0.6) is 0 Å². The Labute approximate surface area is 133 Å². The molecule has 3 aliphatic rings. The van der Waals surface area contributed by atoms with Gasteiger partial charge in [-0.15, -0.1) is 0 Å². The Hall–Kier alpha value is -2.24. The molecule has 0 saturated carbocycles. The van der Waals surface area contributed by atoms with E-state index in [-0.39, 0.29) is 5.43 Å². The maximum atomic E-state index is 13.0. The summed E-state index contributed by atoms with van der Waals surface area (Å²) in [4.78, 5) is 13.0. The average Bonchev–Trinajstić information content (AvgIpc) is 3.12. The van der Waals surface area contributed by atoms with Gasteiger partial charge in [0.2, 0.25) is 0 Å². The molecule has 5 rings (SSSR count). The van der Waals surface area contributed by atoms with Crippen LogP contribution in [0.1, 0.15) is 0 Å². The first-order valence-electron chi connectivity index (χ1n) is 7.11. The molecule has 0 aromatic heterocycles. The maximum Gasteiger partial charge on any atom is 0.194 e. The highest BCUT2D eigenvalue weighted by Crippen LogP contribution is 2.44. The highest BCUT2D eigenvalue weighted by molar-refractivity contribution is 6.50. The predicted molar refractivity (Wildman–Crippen MR) is 94.1 cm³/mol. The Kier molecular flexibility index (Phi) is 2.21. The fraction of sp³-hybridized carbons (Fsp3) is 0. The lowest BCUT2D eigenvalue weighted by molar-refractivity contribution is 1.79. The van der Waals surface area contributed by atoms with Crippen molar-refractivity contribution in [3.63, 3.8) is 0 Å². The lowest BCUT2D eigenvalue weighted by Crippen LogP contribution is -2.15. The summed E-state index contributed by atoms with van der Waals surface area (Å²) >= 11 is 0. The molecular weight excluding hydrogens is 300 g/mol. The smallest absolute Gasteiger partial charge is 0.194 e.